The van der Waals surface area contributed by atoms with Gasteiger partial charge in [0.05, 0.1) is 43.0 Å². The third kappa shape index (κ3) is 6.99. The molecule has 0 saturated carbocycles. The van der Waals surface area contributed by atoms with Crippen LogP contribution in [0, 0.1) is 6.92 Å². The Morgan fingerprint density at radius 3 is 2.85 bits per heavy atom. The average Bonchev–Trinajstić information content (AvgIpc) is 2.89. The van der Waals surface area contributed by atoms with Crippen LogP contribution in [0.25, 0.3) is 0 Å². The largest absolute Gasteiger partial charge is 0.483 e. The molecule has 2 fully saturated rings. The van der Waals surface area contributed by atoms with Gasteiger partial charge >= 0.3 is 0 Å². The van der Waals surface area contributed by atoms with Crippen molar-refractivity contribution < 1.29 is 24.2 Å². The summed E-state index contributed by atoms with van der Waals surface area (Å²) in [6.45, 7) is 8.23. The molecule has 1 aromatic heterocycles. The Labute approximate surface area is 157 Å². The molecular weight excluding hydrogens is 358 g/mol. The molecule has 26 heavy (non-hydrogen) atoms. The number of nitrogens with zero attached hydrogens (tertiary/aromatic N) is 3. The molecule has 2 aliphatic heterocycles. The van der Waals surface area contributed by atoms with Gasteiger partial charge in [0.25, 0.3) is 6.47 Å². The molecule has 0 radical (unpaired) electrons. The molecule has 1 atom stereocenters. The lowest BCUT2D eigenvalue weighted by Gasteiger charge is -2.29. The first-order valence-electron chi connectivity index (χ1n) is 8.80. The van der Waals surface area contributed by atoms with Crippen molar-refractivity contribution in [2.45, 2.75) is 25.9 Å². The summed E-state index contributed by atoms with van der Waals surface area (Å²) in [6, 6.07) is 0. The molecule has 9 heteroatoms. The maximum absolute atomic E-state index is 12.5. The molecule has 1 N–H and O–H groups in total. The third-order valence-corrected chi connectivity index (χ3v) is 5.11. The van der Waals surface area contributed by atoms with E-state index < -0.39 is 0 Å². The van der Waals surface area contributed by atoms with Gasteiger partial charge in [0, 0.05) is 31.6 Å². The lowest BCUT2D eigenvalue weighted by atomic mass is 10.3. The molecule has 3 rings (SSSR count). The van der Waals surface area contributed by atoms with Crippen LogP contribution in [-0.2, 0) is 25.5 Å². The highest BCUT2D eigenvalue weighted by atomic mass is 32.1. The van der Waals surface area contributed by atoms with Crippen LogP contribution in [0.2, 0.25) is 0 Å². The van der Waals surface area contributed by atoms with E-state index in [9.17, 15) is 4.79 Å². The first kappa shape index (κ1) is 20.8. The zero-order chi connectivity index (χ0) is 18.8. The maximum atomic E-state index is 12.5. The van der Waals surface area contributed by atoms with Crippen molar-refractivity contribution in [2.24, 2.45) is 0 Å². The molecule has 0 aromatic carbocycles. The smallest absolute Gasteiger partial charge is 0.290 e. The Balaban J connectivity index is 0.000000758. The van der Waals surface area contributed by atoms with E-state index in [0.29, 0.717) is 26.2 Å². The molecule has 1 amide bonds. The summed E-state index contributed by atoms with van der Waals surface area (Å²) < 4.78 is 11.2. The Hall–Kier alpha value is -1.55. The standard InChI is InChI=1S/C16H25N3O3S.CH2O2/c1-13-17-14(12-23-13)9-16(20)19-4-2-3-18(5-6-19)10-15-11-21-7-8-22-15;2-1-3/h12,15H,2-11H2,1H3;1H,(H,2,3). The molecule has 3 heterocycles. The molecule has 2 saturated heterocycles. The molecule has 1 unspecified atom stereocenters. The second kappa shape index (κ2) is 11.2. The molecule has 8 nitrogen and oxygen atoms in total. The topological polar surface area (TPSA) is 92.2 Å². The number of aromatic nitrogens is 1. The highest BCUT2D eigenvalue weighted by molar-refractivity contribution is 7.09. The minimum absolute atomic E-state index is 0.170. The summed E-state index contributed by atoms with van der Waals surface area (Å²) in [4.78, 5) is 29.6. The van der Waals surface area contributed by atoms with Crippen LogP contribution in [0.5, 0.6) is 0 Å². The first-order valence-corrected chi connectivity index (χ1v) is 9.68. The number of aryl methyl sites for hydroxylation is 1. The Morgan fingerprint density at radius 2 is 2.19 bits per heavy atom. The highest BCUT2D eigenvalue weighted by Crippen LogP contribution is 2.12. The summed E-state index contributed by atoms with van der Waals surface area (Å²) in [7, 11) is 0. The van der Waals surface area contributed by atoms with Crippen LogP contribution >= 0.6 is 11.3 Å². The van der Waals surface area contributed by atoms with Crippen molar-refractivity contribution in [1.82, 2.24) is 14.8 Å². The number of hydrogen-bond donors (Lipinski definition) is 1. The zero-order valence-electron chi connectivity index (χ0n) is 15.1. The zero-order valence-corrected chi connectivity index (χ0v) is 15.9. The number of hydrogen-bond acceptors (Lipinski definition) is 7. The van der Waals surface area contributed by atoms with E-state index in [-0.39, 0.29) is 18.5 Å². The predicted molar refractivity (Wildman–Crippen MR) is 97.4 cm³/mol. The number of rotatable bonds is 4. The van der Waals surface area contributed by atoms with Crippen molar-refractivity contribution in [3.8, 4) is 0 Å². The monoisotopic (exact) mass is 385 g/mol. The van der Waals surface area contributed by atoms with Gasteiger partial charge in [-0.25, -0.2) is 4.98 Å². The van der Waals surface area contributed by atoms with Crippen molar-refractivity contribution in [3.05, 3.63) is 16.1 Å². The molecule has 146 valence electrons. The lowest BCUT2D eigenvalue weighted by molar-refractivity contribution is -0.130. The lowest BCUT2D eigenvalue weighted by Crippen LogP contribution is -2.42. The van der Waals surface area contributed by atoms with Crippen LogP contribution in [0.15, 0.2) is 5.38 Å². The van der Waals surface area contributed by atoms with E-state index in [2.05, 4.69) is 9.88 Å². The average molecular weight is 385 g/mol. The molecule has 2 aliphatic rings. The summed E-state index contributed by atoms with van der Waals surface area (Å²) in [5, 5.41) is 9.89. The van der Waals surface area contributed by atoms with Gasteiger partial charge in [0.15, 0.2) is 0 Å². The number of amides is 1. The maximum Gasteiger partial charge on any atom is 0.290 e. The van der Waals surface area contributed by atoms with E-state index in [4.69, 9.17) is 19.4 Å². The van der Waals surface area contributed by atoms with E-state index in [0.717, 1.165) is 49.8 Å². The second-order valence-corrected chi connectivity index (χ2v) is 7.30. The Kier molecular flexibility index (Phi) is 8.96. The third-order valence-electron chi connectivity index (χ3n) is 4.29. The summed E-state index contributed by atoms with van der Waals surface area (Å²) in [5.41, 5.74) is 0.895. The molecule has 0 bridgehead atoms. The van der Waals surface area contributed by atoms with Crippen LogP contribution in [0.4, 0.5) is 0 Å². The van der Waals surface area contributed by atoms with Gasteiger partial charge < -0.3 is 19.5 Å². The molecular formula is C17H27N3O5S. The molecule has 0 aliphatic carbocycles. The van der Waals surface area contributed by atoms with Crippen LogP contribution in [-0.4, -0.2) is 90.9 Å². The van der Waals surface area contributed by atoms with Crippen LogP contribution in [0.1, 0.15) is 17.1 Å². The van der Waals surface area contributed by atoms with Crippen molar-refractivity contribution >= 4 is 23.7 Å². The minimum Gasteiger partial charge on any atom is -0.483 e. The highest BCUT2D eigenvalue weighted by Gasteiger charge is 2.23. The number of ether oxygens (including phenoxy) is 2. The summed E-state index contributed by atoms with van der Waals surface area (Å²) >= 11 is 1.60. The Morgan fingerprint density at radius 1 is 1.38 bits per heavy atom. The first-order chi connectivity index (χ1) is 12.6. The van der Waals surface area contributed by atoms with E-state index in [1.807, 2.05) is 17.2 Å². The number of thiazole rings is 1. The van der Waals surface area contributed by atoms with Crippen LogP contribution in [0.3, 0.4) is 0 Å². The van der Waals surface area contributed by atoms with E-state index in [1.54, 1.807) is 11.3 Å². The van der Waals surface area contributed by atoms with Gasteiger partial charge in [-0.2, -0.15) is 0 Å². The van der Waals surface area contributed by atoms with E-state index >= 15 is 0 Å². The van der Waals surface area contributed by atoms with Crippen molar-refractivity contribution in [3.63, 3.8) is 0 Å². The number of carbonyl (C=O) groups excluding carboxylic acids is 1. The number of carbonyl (C=O) groups is 2. The van der Waals surface area contributed by atoms with Crippen LogP contribution < -0.4 is 0 Å². The van der Waals surface area contributed by atoms with Gasteiger partial charge in [0.2, 0.25) is 5.91 Å². The minimum atomic E-state index is -0.250. The Bertz CT molecular complexity index is 562. The fourth-order valence-electron chi connectivity index (χ4n) is 3.09. The SMILES string of the molecule is Cc1nc(CC(=O)N2CCCN(CC3COCCO3)CC2)cs1.O=CO. The second-order valence-electron chi connectivity index (χ2n) is 6.24. The number of carboxylic acid groups (broad SMARTS) is 1. The van der Waals surface area contributed by atoms with Gasteiger partial charge in [-0.1, -0.05) is 0 Å². The van der Waals surface area contributed by atoms with E-state index in [1.165, 1.54) is 0 Å². The molecule has 1 aromatic rings. The van der Waals surface area contributed by atoms with Gasteiger partial charge in [0.1, 0.15) is 0 Å². The van der Waals surface area contributed by atoms with Gasteiger partial charge in [-0.05, 0) is 19.9 Å². The van der Waals surface area contributed by atoms with Gasteiger partial charge in [-0.3, -0.25) is 14.5 Å². The normalized spacial score (nSPS) is 21.4. The predicted octanol–water partition coefficient (Wildman–Crippen LogP) is 0.645. The van der Waals surface area contributed by atoms with Crippen molar-refractivity contribution in [1.29, 1.82) is 0 Å². The summed E-state index contributed by atoms with van der Waals surface area (Å²) in [5.74, 6) is 0.189. The fraction of sp³-hybridized carbons (Fsp3) is 0.706. The van der Waals surface area contributed by atoms with Crippen molar-refractivity contribution in [2.75, 3.05) is 52.5 Å². The molecule has 0 spiro atoms. The fourth-order valence-corrected chi connectivity index (χ4v) is 3.70. The summed E-state index contributed by atoms with van der Waals surface area (Å²) in [6.07, 6.45) is 1.60. The quantitative estimate of drug-likeness (QED) is 0.761. The van der Waals surface area contributed by atoms with Gasteiger partial charge in [-0.15, -0.1) is 11.3 Å².